The fourth-order valence-electron chi connectivity index (χ4n) is 1.22. The molecule has 1 atom stereocenters. The molecule has 0 spiro atoms. The van der Waals surface area contributed by atoms with Gasteiger partial charge in [-0.05, 0) is 19.2 Å². The third-order valence-electron chi connectivity index (χ3n) is 2.35. The van der Waals surface area contributed by atoms with E-state index in [1.807, 2.05) is 37.0 Å². The average molecular weight is 296 g/mol. The van der Waals surface area contributed by atoms with E-state index in [-0.39, 0.29) is 12.4 Å². The molecule has 0 saturated carbocycles. The van der Waals surface area contributed by atoms with Crippen LogP contribution in [-0.2, 0) is 6.54 Å². The molecule has 17 heavy (non-hydrogen) atoms. The molecule has 1 unspecified atom stereocenters. The predicted octanol–water partition coefficient (Wildman–Crippen LogP) is 2.86. The number of thiazole rings is 1. The SMILES string of the molecule is CSC(C)CCNCc1cnc(N(C)C)s1.Cl. The van der Waals surface area contributed by atoms with Gasteiger partial charge >= 0.3 is 0 Å². The second kappa shape index (κ2) is 9.03. The largest absolute Gasteiger partial charge is 0.354 e. The molecule has 1 aromatic rings. The summed E-state index contributed by atoms with van der Waals surface area (Å²) < 4.78 is 0. The van der Waals surface area contributed by atoms with Crippen LogP contribution < -0.4 is 10.2 Å². The lowest BCUT2D eigenvalue weighted by Gasteiger charge is -2.08. The Hall–Kier alpha value is 0.0300. The number of aromatic nitrogens is 1. The van der Waals surface area contributed by atoms with Crippen LogP contribution in [0.3, 0.4) is 0 Å². The highest BCUT2D eigenvalue weighted by atomic mass is 35.5. The summed E-state index contributed by atoms with van der Waals surface area (Å²) in [6.07, 6.45) is 5.35. The molecule has 1 rings (SSSR count). The third kappa shape index (κ3) is 6.50. The molecular weight excluding hydrogens is 274 g/mol. The topological polar surface area (TPSA) is 28.2 Å². The van der Waals surface area contributed by atoms with Gasteiger partial charge in [0.1, 0.15) is 0 Å². The monoisotopic (exact) mass is 295 g/mol. The summed E-state index contributed by atoms with van der Waals surface area (Å²) >= 11 is 3.68. The van der Waals surface area contributed by atoms with Gasteiger partial charge in [0.25, 0.3) is 0 Å². The Kier molecular flexibility index (Phi) is 9.04. The third-order valence-corrected chi connectivity index (χ3v) is 4.56. The van der Waals surface area contributed by atoms with E-state index in [0.717, 1.165) is 23.5 Å². The minimum atomic E-state index is 0. The molecule has 0 aromatic carbocycles. The van der Waals surface area contributed by atoms with E-state index in [1.165, 1.54) is 11.3 Å². The van der Waals surface area contributed by atoms with Crippen LogP contribution >= 0.6 is 35.5 Å². The number of thioether (sulfide) groups is 1. The van der Waals surface area contributed by atoms with E-state index >= 15 is 0 Å². The predicted molar refractivity (Wildman–Crippen MR) is 83.0 cm³/mol. The van der Waals surface area contributed by atoms with Crippen LogP contribution in [0, 0.1) is 0 Å². The van der Waals surface area contributed by atoms with Gasteiger partial charge in [0.2, 0.25) is 0 Å². The average Bonchev–Trinajstić information content (AvgIpc) is 2.72. The Labute approximate surface area is 119 Å². The van der Waals surface area contributed by atoms with Crippen molar-refractivity contribution in [3.63, 3.8) is 0 Å². The molecule has 0 aliphatic heterocycles. The molecule has 0 aliphatic carbocycles. The van der Waals surface area contributed by atoms with Crippen molar-refractivity contribution >= 4 is 40.6 Å². The van der Waals surface area contributed by atoms with Crippen LogP contribution in [0.5, 0.6) is 0 Å². The smallest absolute Gasteiger partial charge is 0.185 e. The summed E-state index contributed by atoms with van der Waals surface area (Å²) in [5, 5.41) is 5.28. The molecule has 1 N–H and O–H groups in total. The maximum atomic E-state index is 4.35. The number of hydrogen-bond donors (Lipinski definition) is 1. The van der Waals surface area contributed by atoms with Gasteiger partial charge in [0.05, 0.1) is 0 Å². The Balaban J connectivity index is 0.00000256. The summed E-state index contributed by atoms with van der Waals surface area (Å²) in [5.41, 5.74) is 0. The second-order valence-corrected chi connectivity index (χ2v) is 6.39. The maximum absolute atomic E-state index is 4.35. The molecule has 100 valence electrons. The quantitative estimate of drug-likeness (QED) is 0.783. The summed E-state index contributed by atoms with van der Waals surface area (Å²) in [7, 11) is 4.05. The van der Waals surface area contributed by atoms with E-state index in [0.29, 0.717) is 0 Å². The van der Waals surface area contributed by atoms with Crippen LogP contribution in [0.4, 0.5) is 5.13 Å². The number of anilines is 1. The van der Waals surface area contributed by atoms with Crippen molar-refractivity contribution in [2.75, 3.05) is 31.8 Å². The fourth-order valence-corrected chi connectivity index (χ4v) is 2.38. The highest BCUT2D eigenvalue weighted by molar-refractivity contribution is 7.99. The van der Waals surface area contributed by atoms with Crippen molar-refractivity contribution in [3.05, 3.63) is 11.1 Å². The fraction of sp³-hybridized carbons (Fsp3) is 0.727. The second-order valence-electron chi connectivity index (χ2n) is 4.02. The number of rotatable bonds is 7. The normalized spacial score (nSPS) is 12.0. The van der Waals surface area contributed by atoms with E-state index in [1.54, 1.807) is 11.3 Å². The highest BCUT2D eigenvalue weighted by Gasteiger charge is 2.03. The first-order valence-corrected chi connectivity index (χ1v) is 7.59. The van der Waals surface area contributed by atoms with Crippen molar-refractivity contribution in [2.24, 2.45) is 0 Å². The molecule has 0 aliphatic rings. The number of hydrogen-bond acceptors (Lipinski definition) is 5. The molecule has 0 saturated heterocycles. The van der Waals surface area contributed by atoms with E-state index in [4.69, 9.17) is 0 Å². The van der Waals surface area contributed by atoms with Crippen molar-refractivity contribution in [1.29, 1.82) is 0 Å². The Bertz CT molecular complexity index is 305. The van der Waals surface area contributed by atoms with Gasteiger partial charge in [0, 0.05) is 37.0 Å². The molecule has 6 heteroatoms. The lowest BCUT2D eigenvalue weighted by atomic mass is 10.3. The molecular formula is C11H22ClN3S2. The highest BCUT2D eigenvalue weighted by Crippen LogP contribution is 2.19. The van der Waals surface area contributed by atoms with Crippen LogP contribution in [-0.4, -0.2) is 37.1 Å². The zero-order chi connectivity index (χ0) is 12.0. The standard InChI is InChI=1S/C11H21N3S2.ClH/c1-9(15-4)5-6-12-7-10-8-13-11(16-10)14(2)3;/h8-9,12H,5-7H2,1-4H3;1H. The molecule has 1 heterocycles. The van der Waals surface area contributed by atoms with Gasteiger partial charge < -0.3 is 10.2 Å². The lowest BCUT2D eigenvalue weighted by molar-refractivity contribution is 0.652. The van der Waals surface area contributed by atoms with Gasteiger partial charge in [-0.3, -0.25) is 0 Å². The minimum Gasteiger partial charge on any atom is -0.354 e. The summed E-state index contributed by atoms with van der Waals surface area (Å²) in [4.78, 5) is 7.70. The molecule has 0 fully saturated rings. The van der Waals surface area contributed by atoms with Crippen molar-refractivity contribution < 1.29 is 0 Å². The zero-order valence-corrected chi connectivity index (χ0v) is 13.3. The lowest BCUT2D eigenvalue weighted by Crippen LogP contribution is -2.17. The number of nitrogens with zero attached hydrogens (tertiary/aromatic N) is 2. The van der Waals surface area contributed by atoms with E-state index < -0.39 is 0 Å². The Morgan fingerprint density at radius 1 is 1.53 bits per heavy atom. The van der Waals surface area contributed by atoms with Gasteiger partial charge in [-0.15, -0.1) is 23.7 Å². The Morgan fingerprint density at radius 2 is 2.24 bits per heavy atom. The molecule has 0 bridgehead atoms. The van der Waals surface area contributed by atoms with Crippen molar-refractivity contribution in [3.8, 4) is 0 Å². The van der Waals surface area contributed by atoms with Gasteiger partial charge in [0.15, 0.2) is 5.13 Å². The molecule has 3 nitrogen and oxygen atoms in total. The van der Waals surface area contributed by atoms with Crippen molar-refractivity contribution in [1.82, 2.24) is 10.3 Å². The summed E-state index contributed by atoms with van der Waals surface area (Å²) in [5.74, 6) is 0. The van der Waals surface area contributed by atoms with Crippen LogP contribution in [0.15, 0.2) is 6.20 Å². The van der Waals surface area contributed by atoms with E-state index in [2.05, 4.69) is 23.5 Å². The molecule has 0 radical (unpaired) electrons. The van der Waals surface area contributed by atoms with Gasteiger partial charge in [-0.2, -0.15) is 11.8 Å². The molecule has 0 amide bonds. The van der Waals surface area contributed by atoms with E-state index in [9.17, 15) is 0 Å². The Morgan fingerprint density at radius 3 is 2.76 bits per heavy atom. The van der Waals surface area contributed by atoms with Crippen LogP contribution in [0.1, 0.15) is 18.2 Å². The van der Waals surface area contributed by atoms with Crippen molar-refractivity contribution in [2.45, 2.75) is 25.1 Å². The maximum Gasteiger partial charge on any atom is 0.185 e. The first-order valence-electron chi connectivity index (χ1n) is 5.49. The zero-order valence-electron chi connectivity index (χ0n) is 10.9. The van der Waals surface area contributed by atoms with Gasteiger partial charge in [-0.1, -0.05) is 6.92 Å². The number of nitrogens with one attached hydrogen (secondary N) is 1. The first kappa shape index (κ1) is 17.0. The van der Waals surface area contributed by atoms with Crippen LogP contribution in [0.2, 0.25) is 0 Å². The summed E-state index contributed by atoms with van der Waals surface area (Å²) in [6, 6.07) is 0. The van der Waals surface area contributed by atoms with Gasteiger partial charge in [-0.25, -0.2) is 4.98 Å². The number of halogens is 1. The molecule has 1 aromatic heterocycles. The summed E-state index contributed by atoms with van der Waals surface area (Å²) in [6.45, 7) is 4.28. The van der Waals surface area contributed by atoms with Crippen LogP contribution in [0.25, 0.3) is 0 Å². The minimum absolute atomic E-state index is 0. The first-order chi connectivity index (χ1) is 7.63.